The summed E-state index contributed by atoms with van der Waals surface area (Å²) in [6.45, 7) is 4.85. The highest BCUT2D eigenvalue weighted by Gasteiger charge is 2.62. The van der Waals surface area contributed by atoms with Crippen LogP contribution in [0.15, 0.2) is 42.6 Å². The minimum atomic E-state index is -1.05. The van der Waals surface area contributed by atoms with Crippen molar-refractivity contribution < 1.29 is 28.5 Å². The third-order valence-corrected chi connectivity index (χ3v) is 5.75. The van der Waals surface area contributed by atoms with Crippen LogP contribution in [0, 0.1) is 5.92 Å². The van der Waals surface area contributed by atoms with Crippen molar-refractivity contribution in [2.45, 2.75) is 44.9 Å². The van der Waals surface area contributed by atoms with Gasteiger partial charge in [-0.2, -0.15) is 0 Å². The Bertz CT molecular complexity index is 921. The summed E-state index contributed by atoms with van der Waals surface area (Å²) in [6.07, 6.45) is 2.78. The largest absolute Gasteiger partial charge is 0.496 e. The van der Waals surface area contributed by atoms with Gasteiger partial charge in [-0.05, 0) is 24.5 Å². The molecule has 1 aliphatic heterocycles. The summed E-state index contributed by atoms with van der Waals surface area (Å²) in [5.74, 6) is 1.69. The molecule has 1 fully saturated rings. The van der Waals surface area contributed by atoms with E-state index >= 15 is 0 Å². The molecule has 33 heavy (non-hydrogen) atoms. The first kappa shape index (κ1) is 25.0. The van der Waals surface area contributed by atoms with Crippen LogP contribution in [-0.4, -0.2) is 62.3 Å². The number of hydrogen-bond donors (Lipinski definition) is 0. The van der Waals surface area contributed by atoms with E-state index in [1.807, 2.05) is 30.3 Å². The zero-order valence-electron chi connectivity index (χ0n) is 20.1. The van der Waals surface area contributed by atoms with Crippen LogP contribution in [-0.2, 0) is 32.0 Å². The van der Waals surface area contributed by atoms with Gasteiger partial charge in [0.2, 0.25) is 0 Å². The van der Waals surface area contributed by atoms with Crippen molar-refractivity contribution >= 4 is 5.91 Å². The summed E-state index contributed by atoms with van der Waals surface area (Å²) in [6, 6.07) is 11.2. The van der Waals surface area contributed by atoms with E-state index in [4.69, 9.17) is 23.7 Å². The number of aromatic nitrogens is 1. The second-order valence-corrected chi connectivity index (χ2v) is 8.54. The maximum atomic E-state index is 13.2. The van der Waals surface area contributed by atoms with Gasteiger partial charge < -0.3 is 28.6 Å². The number of hydrogen-bond acceptors (Lipinski definition) is 7. The van der Waals surface area contributed by atoms with E-state index in [1.54, 1.807) is 38.5 Å². The number of carbonyl (C=O) groups is 1. The molecule has 2 aromatic rings. The van der Waals surface area contributed by atoms with Gasteiger partial charge in [0.1, 0.15) is 31.6 Å². The fourth-order valence-corrected chi connectivity index (χ4v) is 4.23. The van der Waals surface area contributed by atoms with E-state index in [-0.39, 0.29) is 25.5 Å². The van der Waals surface area contributed by atoms with Crippen molar-refractivity contribution in [3.63, 3.8) is 0 Å². The van der Waals surface area contributed by atoms with E-state index in [1.165, 1.54) is 0 Å². The molecule has 2 atom stereocenters. The predicted octanol–water partition coefficient (Wildman–Crippen LogP) is 3.43. The monoisotopic (exact) mass is 458 g/mol. The number of carbonyl (C=O) groups excluding carboxylic acids is 1. The van der Waals surface area contributed by atoms with Gasteiger partial charge in [-0.15, -0.1) is 0 Å². The Morgan fingerprint density at radius 2 is 1.91 bits per heavy atom. The highest BCUT2D eigenvalue weighted by molar-refractivity contribution is 5.93. The first-order valence-electron chi connectivity index (χ1n) is 11.1. The molecule has 8 heteroatoms. The Morgan fingerprint density at radius 3 is 2.61 bits per heavy atom. The van der Waals surface area contributed by atoms with Crippen molar-refractivity contribution in [3.8, 4) is 11.5 Å². The molecule has 0 N–H and O–H groups in total. The van der Waals surface area contributed by atoms with E-state index in [9.17, 15) is 4.79 Å². The van der Waals surface area contributed by atoms with Crippen LogP contribution >= 0.6 is 0 Å². The quantitative estimate of drug-likeness (QED) is 0.336. The van der Waals surface area contributed by atoms with Gasteiger partial charge in [0.05, 0.1) is 13.2 Å². The summed E-state index contributed by atoms with van der Waals surface area (Å²) in [4.78, 5) is 19.4. The molecule has 1 aromatic heterocycles. The molecule has 0 radical (unpaired) electrons. The summed E-state index contributed by atoms with van der Waals surface area (Å²) >= 11 is 0. The first-order chi connectivity index (χ1) is 15.9. The molecule has 2 heterocycles. The van der Waals surface area contributed by atoms with Gasteiger partial charge >= 0.3 is 0 Å². The molecule has 0 aliphatic carbocycles. The second-order valence-electron chi connectivity index (χ2n) is 8.54. The average molecular weight is 459 g/mol. The maximum Gasteiger partial charge on any atom is 0.259 e. The maximum absolute atomic E-state index is 13.2. The van der Waals surface area contributed by atoms with Crippen LogP contribution in [0.1, 0.15) is 31.5 Å². The average Bonchev–Trinajstić information content (AvgIpc) is 2.83. The summed E-state index contributed by atoms with van der Waals surface area (Å²) in [7, 11) is 4.77. The highest BCUT2D eigenvalue weighted by Crippen LogP contribution is 2.41. The molecule has 1 saturated heterocycles. The summed E-state index contributed by atoms with van der Waals surface area (Å²) in [5, 5.41) is 0. The van der Waals surface area contributed by atoms with Crippen LogP contribution in [0.2, 0.25) is 0 Å². The number of methoxy groups -OCH3 is 3. The van der Waals surface area contributed by atoms with Crippen LogP contribution in [0.4, 0.5) is 0 Å². The van der Waals surface area contributed by atoms with Gasteiger partial charge in [-0.25, -0.2) is 0 Å². The van der Waals surface area contributed by atoms with Crippen molar-refractivity contribution in [2.24, 2.45) is 5.92 Å². The molecular formula is C25H34N2O6. The van der Waals surface area contributed by atoms with Crippen molar-refractivity contribution in [2.75, 3.05) is 34.9 Å². The Labute approximate surface area is 195 Å². The zero-order valence-corrected chi connectivity index (χ0v) is 20.1. The number of rotatable bonds is 13. The predicted molar refractivity (Wildman–Crippen MR) is 123 cm³/mol. The Balaban J connectivity index is 1.80. The first-order valence-corrected chi connectivity index (χ1v) is 11.1. The van der Waals surface area contributed by atoms with E-state index in [0.29, 0.717) is 30.4 Å². The molecule has 0 unspecified atom stereocenters. The lowest BCUT2D eigenvalue weighted by atomic mass is 9.75. The van der Waals surface area contributed by atoms with E-state index < -0.39 is 5.60 Å². The van der Waals surface area contributed by atoms with Crippen LogP contribution in [0.5, 0.6) is 11.5 Å². The molecule has 3 rings (SSSR count). The smallest absolute Gasteiger partial charge is 0.259 e. The lowest BCUT2D eigenvalue weighted by Gasteiger charge is -2.55. The fraction of sp³-hybridized carbons (Fsp3) is 0.520. The van der Waals surface area contributed by atoms with Crippen molar-refractivity contribution in [3.05, 3.63) is 53.9 Å². The van der Waals surface area contributed by atoms with Gasteiger partial charge in [0.15, 0.2) is 5.60 Å². The third-order valence-electron chi connectivity index (χ3n) is 5.75. The normalized spacial score (nSPS) is 20.1. The SMILES string of the molecule is COCO[C@@]1(Cc2cc(OCc3ccccc3OC)ccn2)C(=O)N(COC)[C@H]1CC(C)C. The lowest BCUT2D eigenvalue weighted by molar-refractivity contribution is -0.235. The summed E-state index contributed by atoms with van der Waals surface area (Å²) < 4.78 is 27.9. The Kier molecular flexibility index (Phi) is 8.66. The number of para-hydroxylation sites is 1. The molecule has 0 spiro atoms. The van der Waals surface area contributed by atoms with Crippen molar-refractivity contribution in [1.82, 2.24) is 9.88 Å². The number of ether oxygens (including phenoxy) is 5. The van der Waals surface area contributed by atoms with E-state index in [0.717, 1.165) is 17.7 Å². The molecule has 8 nitrogen and oxygen atoms in total. The third kappa shape index (κ3) is 5.63. The van der Waals surface area contributed by atoms with Crippen molar-refractivity contribution in [1.29, 1.82) is 0 Å². The van der Waals surface area contributed by atoms with E-state index in [2.05, 4.69) is 18.8 Å². The second kappa shape index (κ2) is 11.4. The minimum absolute atomic E-state index is 0.0190. The Morgan fingerprint density at radius 1 is 1.12 bits per heavy atom. The molecular weight excluding hydrogens is 424 g/mol. The van der Waals surface area contributed by atoms with Crippen LogP contribution < -0.4 is 9.47 Å². The summed E-state index contributed by atoms with van der Waals surface area (Å²) in [5.41, 5.74) is 0.607. The molecule has 0 saturated carbocycles. The van der Waals surface area contributed by atoms with Crippen LogP contribution in [0.25, 0.3) is 0 Å². The number of β-lactam (4-membered cyclic amide) rings is 1. The Hall–Kier alpha value is -2.68. The van der Waals surface area contributed by atoms with Gasteiger partial charge in [-0.3, -0.25) is 9.78 Å². The van der Waals surface area contributed by atoms with Gasteiger partial charge in [-0.1, -0.05) is 32.0 Å². The molecule has 180 valence electrons. The van der Waals surface area contributed by atoms with Gasteiger partial charge in [0, 0.05) is 44.2 Å². The number of benzene rings is 1. The fourth-order valence-electron chi connectivity index (χ4n) is 4.23. The minimum Gasteiger partial charge on any atom is -0.496 e. The topological polar surface area (TPSA) is 79.3 Å². The van der Waals surface area contributed by atoms with Crippen LogP contribution in [0.3, 0.4) is 0 Å². The lowest BCUT2D eigenvalue weighted by Crippen LogP contribution is -2.76. The standard InChI is InChI=1S/C25H34N2O6/c1-18(2)12-23-25(33-17-30-4,24(28)27(23)16-29-3)14-20-13-21(10-11-26-20)32-15-19-8-6-7-9-22(19)31-5/h6-11,13,18,23H,12,14-17H2,1-5H3/t23-,25+/m0/s1. The number of pyridine rings is 1. The molecule has 1 aliphatic rings. The molecule has 0 bridgehead atoms. The number of likely N-dealkylation sites (tertiary alicyclic amines) is 1. The zero-order chi connectivity index (χ0) is 23.8. The van der Waals surface area contributed by atoms with Gasteiger partial charge in [0.25, 0.3) is 5.91 Å². The molecule has 1 amide bonds. The number of amides is 1. The number of nitrogens with zero attached hydrogens (tertiary/aromatic N) is 2. The molecule has 1 aromatic carbocycles. The highest BCUT2D eigenvalue weighted by atomic mass is 16.7.